The molecule has 4 nitrogen and oxygen atoms in total. The third kappa shape index (κ3) is 2.56. The Kier molecular flexibility index (Phi) is 4.78. The number of hydrogen-bond acceptors (Lipinski definition) is 5. The van der Waals surface area contributed by atoms with Gasteiger partial charge >= 0.3 is 86.1 Å². The van der Waals surface area contributed by atoms with Crippen LogP contribution in [0.15, 0.2) is 0 Å². The predicted molar refractivity (Wildman–Crippen MR) is 41.2 cm³/mol. The molecule has 1 rings (SSSR count). The van der Waals surface area contributed by atoms with Crippen LogP contribution in [0.1, 0.15) is 0 Å². The molecule has 68 valence electrons. The van der Waals surface area contributed by atoms with E-state index >= 15 is 0 Å². The van der Waals surface area contributed by atoms with Crippen molar-refractivity contribution < 1.29 is 43.1 Å². The van der Waals surface area contributed by atoms with Crippen molar-refractivity contribution in [1.29, 1.82) is 0 Å². The minimum absolute atomic E-state index is 0.129. The number of rotatable bonds is 2. The molecular formula is C6H12HgO4S. The van der Waals surface area contributed by atoms with Gasteiger partial charge in [0.15, 0.2) is 0 Å². The van der Waals surface area contributed by atoms with Gasteiger partial charge in [0.2, 0.25) is 0 Å². The molecule has 0 saturated carbocycles. The number of ether oxygens (including phenoxy) is 1. The maximum atomic E-state index is 9.42. The molecule has 0 aromatic heterocycles. The van der Waals surface area contributed by atoms with Gasteiger partial charge in [-0.15, -0.1) is 0 Å². The van der Waals surface area contributed by atoms with Gasteiger partial charge in [0.25, 0.3) is 0 Å². The van der Waals surface area contributed by atoms with Crippen LogP contribution in [0.5, 0.6) is 0 Å². The monoisotopic (exact) mass is 382 g/mol. The Morgan fingerprint density at radius 1 is 1.33 bits per heavy atom. The second kappa shape index (κ2) is 5.12. The minimum atomic E-state index is -1.05. The van der Waals surface area contributed by atoms with E-state index in [1.54, 1.807) is 8.24 Å². The molecule has 3 N–H and O–H groups in total. The number of aliphatic hydroxyl groups excluding tert-OH is 3. The van der Waals surface area contributed by atoms with E-state index in [4.69, 9.17) is 9.84 Å². The fourth-order valence-corrected chi connectivity index (χ4v) is 9.20. The van der Waals surface area contributed by atoms with Crippen molar-refractivity contribution in [2.24, 2.45) is 0 Å². The molecule has 0 amide bonds. The summed E-state index contributed by atoms with van der Waals surface area (Å²) in [5.74, 6) is 0. The van der Waals surface area contributed by atoms with Crippen molar-refractivity contribution in [3.8, 4) is 0 Å². The van der Waals surface area contributed by atoms with E-state index < -0.39 is 41.4 Å². The Morgan fingerprint density at radius 3 is 2.58 bits per heavy atom. The first kappa shape index (κ1) is 11.2. The first-order chi connectivity index (χ1) is 5.66. The summed E-state index contributed by atoms with van der Waals surface area (Å²) >= 11 is -0.907. The topological polar surface area (TPSA) is 69.9 Å². The van der Waals surface area contributed by atoms with Crippen LogP contribution >= 0.6 is 8.24 Å². The van der Waals surface area contributed by atoms with Crippen molar-refractivity contribution in [1.82, 2.24) is 0 Å². The van der Waals surface area contributed by atoms with Gasteiger partial charge in [0.1, 0.15) is 0 Å². The molecule has 0 unspecified atom stereocenters. The molecule has 0 aromatic carbocycles. The second-order valence-corrected chi connectivity index (χ2v) is 14.7. The van der Waals surface area contributed by atoms with Crippen molar-refractivity contribution in [3.05, 3.63) is 0 Å². The zero-order valence-electron chi connectivity index (χ0n) is 6.88. The maximum absolute atomic E-state index is 9.42. The van der Waals surface area contributed by atoms with Crippen molar-refractivity contribution in [2.75, 3.05) is 6.61 Å². The van der Waals surface area contributed by atoms with Crippen LogP contribution in [-0.4, -0.2) is 45.7 Å². The van der Waals surface area contributed by atoms with E-state index in [1.165, 1.54) is 0 Å². The van der Waals surface area contributed by atoms with E-state index in [2.05, 4.69) is 4.43 Å². The molecule has 6 heteroatoms. The summed E-state index contributed by atoms with van der Waals surface area (Å²) in [5.41, 5.74) is -0.310. The number of hydrogen-bond donors (Lipinski definition) is 3. The van der Waals surface area contributed by atoms with Crippen LogP contribution in [0.4, 0.5) is 0 Å². The van der Waals surface area contributed by atoms with Crippen LogP contribution in [0.2, 0.25) is 4.43 Å². The Labute approximate surface area is 85.9 Å². The summed E-state index contributed by atoms with van der Waals surface area (Å²) < 4.78 is 7.34. The molecule has 0 spiro atoms. The Bertz CT molecular complexity index is 148. The molecular weight excluding hydrogens is 369 g/mol. The molecule has 1 saturated heterocycles. The van der Waals surface area contributed by atoms with E-state index in [9.17, 15) is 10.2 Å². The van der Waals surface area contributed by atoms with Crippen LogP contribution in [0, 0.1) is 0 Å². The van der Waals surface area contributed by atoms with Crippen LogP contribution in [0.25, 0.3) is 0 Å². The predicted octanol–water partition coefficient (Wildman–Crippen LogP) is -0.796. The van der Waals surface area contributed by atoms with Crippen molar-refractivity contribution >= 4 is 8.24 Å². The molecule has 1 heterocycles. The summed E-state index contributed by atoms with van der Waals surface area (Å²) in [6.45, 7) is 0.129. The van der Waals surface area contributed by atoms with Gasteiger partial charge in [-0.3, -0.25) is 0 Å². The summed E-state index contributed by atoms with van der Waals surface area (Å²) in [6, 6.07) is 0. The summed E-state index contributed by atoms with van der Waals surface area (Å²) in [7, 11) is 1.64. The normalized spacial score (nSPS) is 42.3. The molecule has 0 aliphatic carbocycles. The summed E-state index contributed by atoms with van der Waals surface area (Å²) in [4.78, 5) is 0. The first-order valence-corrected chi connectivity index (χ1v) is 17.2. The van der Waals surface area contributed by atoms with Gasteiger partial charge < -0.3 is 0 Å². The zero-order chi connectivity index (χ0) is 9.14. The van der Waals surface area contributed by atoms with Crippen LogP contribution in [-0.2, 0) is 27.8 Å². The molecule has 12 heavy (non-hydrogen) atoms. The fourth-order valence-electron chi connectivity index (χ4n) is 1.09. The molecule has 0 radical (unpaired) electrons. The Balaban J connectivity index is 2.46. The van der Waals surface area contributed by atoms with E-state index in [1.807, 2.05) is 0 Å². The van der Waals surface area contributed by atoms with Crippen LogP contribution in [0.3, 0.4) is 0 Å². The van der Waals surface area contributed by atoms with Gasteiger partial charge in [-0.2, -0.15) is 0 Å². The molecule has 4 atom stereocenters. The van der Waals surface area contributed by atoms with E-state index in [0.29, 0.717) is 0 Å². The average molecular weight is 381 g/mol. The first-order valence-electron chi connectivity index (χ1n) is 3.94. The molecule has 0 aromatic rings. The average Bonchev–Trinajstić information content (AvgIpc) is 2.07. The van der Waals surface area contributed by atoms with Crippen molar-refractivity contribution in [3.63, 3.8) is 0 Å². The van der Waals surface area contributed by atoms with E-state index in [0.717, 1.165) is 0 Å². The van der Waals surface area contributed by atoms with E-state index in [-0.39, 0.29) is 12.0 Å². The zero-order valence-corrected chi connectivity index (χ0v) is 13.2. The third-order valence-corrected chi connectivity index (χ3v) is 10.6. The Morgan fingerprint density at radius 2 is 2.00 bits per heavy atom. The molecule has 0 bridgehead atoms. The quantitative estimate of drug-likeness (QED) is 0.547. The van der Waals surface area contributed by atoms with Gasteiger partial charge in [-0.25, -0.2) is 0 Å². The van der Waals surface area contributed by atoms with Gasteiger partial charge in [0, 0.05) is 0 Å². The summed E-state index contributed by atoms with van der Waals surface area (Å²) in [5, 5.41) is 27.8. The number of aliphatic hydroxyl groups is 3. The third-order valence-electron chi connectivity index (χ3n) is 1.79. The van der Waals surface area contributed by atoms with Gasteiger partial charge in [-0.1, -0.05) is 0 Å². The SMILES string of the molecule is [CH3][Hg][S][C@@H]1OC[C@@H](O)[C@H](O)[C@H]1O. The van der Waals surface area contributed by atoms with Gasteiger partial charge in [-0.05, 0) is 0 Å². The fraction of sp³-hybridized carbons (Fsp3) is 1.00. The molecule has 1 aliphatic rings. The van der Waals surface area contributed by atoms with Crippen LogP contribution < -0.4 is 0 Å². The Hall–Kier alpha value is 1.13. The molecule has 1 aliphatic heterocycles. The second-order valence-electron chi connectivity index (χ2n) is 2.71. The standard InChI is InChI=1S/C5H10O4S.CH3.Hg/c6-2-1-9-5(10)4(8)3(2)7;;/h2-8,10H,1H2;1H3;/q;;+1/p-1/t2-,3+,4-,5+;;/m1../s1. The van der Waals surface area contributed by atoms with Crippen molar-refractivity contribution in [2.45, 2.75) is 28.2 Å². The van der Waals surface area contributed by atoms with Gasteiger partial charge in [0.05, 0.1) is 0 Å². The molecule has 1 fully saturated rings. The summed E-state index contributed by atoms with van der Waals surface area (Å²) in [6.07, 6.45) is -2.92.